The van der Waals surface area contributed by atoms with Crippen LogP contribution in [0.3, 0.4) is 0 Å². The van der Waals surface area contributed by atoms with Crippen LogP contribution in [0.2, 0.25) is 0 Å². The molecule has 3 aliphatic rings. The third kappa shape index (κ3) is 4.79. The predicted octanol–water partition coefficient (Wildman–Crippen LogP) is 2.81. The first-order valence-electron chi connectivity index (χ1n) is 13.0. The average molecular weight is 511 g/mol. The normalized spacial score (nSPS) is 25.0. The van der Waals surface area contributed by atoms with Crippen LogP contribution in [0, 0.1) is 5.92 Å². The van der Waals surface area contributed by atoms with E-state index < -0.39 is 0 Å². The van der Waals surface area contributed by atoms with E-state index in [9.17, 15) is 4.79 Å². The van der Waals surface area contributed by atoms with E-state index in [-0.39, 0.29) is 11.8 Å². The number of primary amides is 1. The Balaban J connectivity index is 1.28. The maximum Gasteiger partial charge on any atom is 0.231 e. The Morgan fingerprint density at radius 2 is 1.97 bits per heavy atom. The summed E-state index contributed by atoms with van der Waals surface area (Å²) in [5.74, 6) is 1.76. The molecule has 0 spiro atoms. The van der Waals surface area contributed by atoms with Gasteiger partial charge in [0.2, 0.25) is 11.9 Å². The summed E-state index contributed by atoms with van der Waals surface area (Å²) in [5.41, 5.74) is 6.89. The molecule has 2 aliphatic carbocycles. The maximum atomic E-state index is 12.0. The molecule has 0 aromatic carbocycles. The number of hydrogen-bond acceptors (Lipinski definition) is 9. The first-order valence-corrected chi connectivity index (χ1v) is 13.8. The van der Waals surface area contributed by atoms with Gasteiger partial charge in [0, 0.05) is 55.3 Å². The van der Waals surface area contributed by atoms with E-state index in [2.05, 4.69) is 20.6 Å². The summed E-state index contributed by atoms with van der Waals surface area (Å²) in [4.78, 5) is 26.6. The number of anilines is 3. The topological polar surface area (TPSA) is 123 Å². The summed E-state index contributed by atoms with van der Waals surface area (Å²) in [6, 6.07) is 2.91. The molecule has 36 heavy (non-hydrogen) atoms. The molecule has 192 valence electrons. The Morgan fingerprint density at radius 3 is 2.69 bits per heavy atom. The van der Waals surface area contributed by atoms with Crippen molar-refractivity contribution in [2.24, 2.45) is 18.7 Å². The molecule has 0 radical (unpaired) electrons. The van der Waals surface area contributed by atoms with E-state index in [1.807, 2.05) is 19.3 Å². The van der Waals surface area contributed by atoms with Crippen LogP contribution >= 0.6 is 11.3 Å². The van der Waals surface area contributed by atoms with Crippen molar-refractivity contribution < 1.29 is 9.53 Å². The lowest BCUT2D eigenvalue weighted by atomic mass is 9.86. The molecular weight excluding hydrogens is 476 g/mol. The van der Waals surface area contributed by atoms with Crippen molar-refractivity contribution >= 4 is 45.0 Å². The summed E-state index contributed by atoms with van der Waals surface area (Å²) in [7, 11) is 1.89. The summed E-state index contributed by atoms with van der Waals surface area (Å²) in [6.07, 6.45) is 8.78. The number of carbonyl (C=O) groups is 1. The van der Waals surface area contributed by atoms with Gasteiger partial charge in [-0.2, -0.15) is 10.1 Å². The third-order valence-electron chi connectivity index (χ3n) is 7.86. The number of amides is 1. The second kappa shape index (κ2) is 9.95. The zero-order chi connectivity index (χ0) is 24.6. The lowest BCUT2D eigenvalue weighted by Gasteiger charge is -2.39. The van der Waals surface area contributed by atoms with Crippen LogP contribution < -0.4 is 16.4 Å². The number of nitrogens with zero attached hydrogens (tertiary/aromatic N) is 5. The highest BCUT2D eigenvalue weighted by Crippen LogP contribution is 2.41. The zero-order valence-electron chi connectivity index (χ0n) is 20.7. The number of nitrogens with two attached hydrogens (primary N) is 1. The van der Waals surface area contributed by atoms with E-state index in [1.165, 1.54) is 23.3 Å². The first kappa shape index (κ1) is 23.6. The van der Waals surface area contributed by atoms with E-state index in [0.29, 0.717) is 30.3 Å². The maximum absolute atomic E-state index is 12.0. The molecule has 3 aromatic rings. The van der Waals surface area contributed by atoms with Gasteiger partial charge in [0.15, 0.2) is 5.82 Å². The molecule has 1 aliphatic heterocycles. The number of rotatable bonds is 6. The molecule has 4 heterocycles. The molecule has 1 saturated heterocycles. The van der Waals surface area contributed by atoms with Gasteiger partial charge in [-0.1, -0.05) is 0 Å². The molecule has 3 aromatic heterocycles. The van der Waals surface area contributed by atoms with Crippen LogP contribution in [-0.2, 0) is 29.4 Å². The first-order chi connectivity index (χ1) is 17.5. The van der Waals surface area contributed by atoms with E-state index in [1.54, 1.807) is 16.0 Å². The molecule has 6 rings (SSSR count). The van der Waals surface area contributed by atoms with Crippen LogP contribution in [0.5, 0.6) is 0 Å². The van der Waals surface area contributed by atoms with Crippen LogP contribution in [0.25, 0.3) is 10.2 Å². The Bertz CT molecular complexity index is 1240. The van der Waals surface area contributed by atoms with Gasteiger partial charge < -0.3 is 21.1 Å². The van der Waals surface area contributed by atoms with Crippen molar-refractivity contribution in [2.45, 2.75) is 57.0 Å². The van der Waals surface area contributed by atoms with Crippen molar-refractivity contribution in [1.29, 1.82) is 0 Å². The van der Waals surface area contributed by atoms with Crippen molar-refractivity contribution in [3.63, 3.8) is 0 Å². The highest BCUT2D eigenvalue weighted by Gasteiger charge is 2.31. The van der Waals surface area contributed by atoms with Gasteiger partial charge in [-0.3, -0.25) is 14.4 Å². The van der Waals surface area contributed by atoms with Gasteiger partial charge in [0.25, 0.3) is 0 Å². The van der Waals surface area contributed by atoms with Gasteiger partial charge in [-0.25, -0.2) is 4.98 Å². The van der Waals surface area contributed by atoms with Crippen molar-refractivity contribution in [2.75, 3.05) is 36.9 Å². The molecule has 11 heteroatoms. The summed E-state index contributed by atoms with van der Waals surface area (Å²) in [5, 5.41) is 12.5. The smallest absolute Gasteiger partial charge is 0.231 e. The number of nitrogens with one attached hydrogen (secondary N) is 2. The standard InChI is InChI=1S/C25H34N8O2S/c1-32-9-8-20(31-32)28-25-29-23(27-16-3-5-17(6-4-16)33-10-12-35-13-11-33)21-18-14-15(22(26)34)2-7-19(18)36-24(21)30-25/h8-9,15-17H,2-7,10-14H2,1H3,(H2,26,34)(H2,27,28,29,30,31). The Labute approximate surface area is 214 Å². The van der Waals surface area contributed by atoms with E-state index >= 15 is 0 Å². The van der Waals surface area contributed by atoms with Crippen molar-refractivity contribution in [3.05, 3.63) is 22.7 Å². The molecule has 1 saturated carbocycles. The van der Waals surface area contributed by atoms with Crippen LogP contribution in [0.15, 0.2) is 12.3 Å². The fourth-order valence-electron chi connectivity index (χ4n) is 5.90. The number of thiophene rings is 1. The van der Waals surface area contributed by atoms with Gasteiger partial charge in [-0.15, -0.1) is 11.3 Å². The van der Waals surface area contributed by atoms with E-state index in [4.69, 9.17) is 20.4 Å². The van der Waals surface area contributed by atoms with Gasteiger partial charge in [-0.05, 0) is 50.5 Å². The fraction of sp³-hybridized carbons (Fsp3) is 0.600. The molecule has 1 amide bonds. The van der Waals surface area contributed by atoms with Gasteiger partial charge >= 0.3 is 0 Å². The zero-order valence-corrected chi connectivity index (χ0v) is 21.5. The van der Waals surface area contributed by atoms with Crippen LogP contribution in [0.1, 0.15) is 42.5 Å². The highest BCUT2D eigenvalue weighted by atomic mass is 32.1. The lowest BCUT2D eigenvalue weighted by Crippen LogP contribution is -2.46. The van der Waals surface area contributed by atoms with Crippen molar-refractivity contribution in [1.82, 2.24) is 24.6 Å². The summed E-state index contributed by atoms with van der Waals surface area (Å²) >= 11 is 1.71. The lowest BCUT2D eigenvalue weighted by molar-refractivity contribution is -0.122. The van der Waals surface area contributed by atoms with Crippen LogP contribution in [-0.4, -0.2) is 68.9 Å². The Hall–Kier alpha value is -2.76. The van der Waals surface area contributed by atoms with Crippen LogP contribution in [0.4, 0.5) is 17.6 Å². The SMILES string of the molecule is Cn1ccc(Nc2nc(NC3CCC(N4CCOCC4)CC3)c3c4c(sc3n2)CCC(C(N)=O)C4)n1. The summed E-state index contributed by atoms with van der Waals surface area (Å²) < 4.78 is 7.29. The number of hydrogen-bond donors (Lipinski definition) is 3. The minimum Gasteiger partial charge on any atom is -0.379 e. The molecule has 1 atom stereocenters. The molecule has 10 nitrogen and oxygen atoms in total. The second-order valence-corrected chi connectivity index (χ2v) is 11.3. The molecule has 4 N–H and O–H groups in total. The minimum absolute atomic E-state index is 0.126. The fourth-order valence-corrected chi connectivity index (χ4v) is 7.11. The quantitative estimate of drug-likeness (QED) is 0.463. The Morgan fingerprint density at radius 1 is 1.17 bits per heavy atom. The van der Waals surface area contributed by atoms with Crippen molar-refractivity contribution in [3.8, 4) is 0 Å². The number of aromatic nitrogens is 4. The second-order valence-electron chi connectivity index (χ2n) is 10.2. The molecule has 2 fully saturated rings. The number of aryl methyl sites for hydroxylation is 2. The third-order valence-corrected chi connectivity index (χ3v) is 9.05. The predicted molar refractivity (Wildman–Crippen MR) is 141 cm³/mol. The minimum atomic E-state index is -0.217. The highest BCUT2D eigenvalue weighted by molar-refractivity contribution is 7.19. The molecule has 1 unspecified atom stereocenters. The average Bonchev–Trinajstić information content (AvgIpc) is 3.47. The number of morpholine rings is 1. The largest absolute Gasteiger partial charge is 0.379 e. The number of ether oxygens (including phenoxy) is 1. The molecule has 0 bridgehead atoms. The van der Waals surface area contributed by atoms with Gasteiger partial charge in [0.05, 0.1) is 18.6 Å². The number of fused-ring (bicyclic) bond motifs is 3. The number of carbonyl (C=O) groups excluding carboxylic acids is 1. The summed E-state index contributed by atoms with van der Waals surface area (Å²) in [6.45, 7) is 3.78. The Kier molecular flexibility index (Phi) is 6.53. The molecular formula is C25H34N8O2S. The monoisotopic (exact) mass is 510 g/mol. The van der Waals surface area contributed by atoms with Gasteiger partial charge in [0.1, 0.15) is 10.6 Å². The van der Waals surface area contributed by atoms with E-state index in [0.717, 1.165) is 68.0 Å².